The van der Waals surface area contributed by atoms with Crippen LogP contribution in [0.5, 0.6) is 0 Å². The molecule has 1 fully saturated rings. The number of carbonyl (C=O) groups is 2. The number of hydrogen-bond donors (Lipinski definition) is 1. The monoisotopic (exact) mass is 363 g/mol. The summed E-state index contributed by atoms with van der Waals surface area (Å²) >= 11 is 1.16. The van der Waals surface area contributed by atoms with Gasteiger partial charge in [-0.15, -0.1) is 11.3 Å². The van der Waals surface area contributed by atoms with Crippen LogP contribution in [-0.4, -0.2) is 24.0 Å². The summed E-state index contributed by atoms with van der Waals surface area (Å²) in [5, 5.41) is 3.38. The van der Waals surface area contributed by atoms with E-state index >= 15 is 0 Å². The van der Waals surface area contributed by atoms with Gasteiger partial charge in [0.05, 0.1) is 0 Å². The van der Waals surface area contributed by atoms with Gasteiger partial charge in [0.15, 0.2) is 6.10 Å². The quantitative estimate of drug-likeness (QED) is 0.825. The van der Waals surface area contributed by atoms with Crippen LogP contribution in [0.1, 0.15) is 49.2 Å². The minimum atomic E-state index is -0.878. The number of ether oxygens (including phenoxy) is 1. The highest BCUT2D eigenvalue weighted by atomic mass is 32.1. The molecule has 3 atom stereocenters. The van der Waals surface area contributed by atoms with Crippen LogP contribution < -0.4 is 5.32 Å². The molecule has 6 heteroatoms. The minimum absolute atomic E-state index is 0.140. The fraction of sp³-hybridized carbons (Fsp3) is 0.474. The molecule has 1 aliphatic rings. The minimum Gasteiger partial charge on any atom is -0.448 e. The van der Waals surface area contributed by atoms with E-state index in [1.165, 1.54) is 18.6 Å². The van der Waals surface area contributed by atoms with E-state index < -0.39 is 12.1 Å². The first kappa shape index (κ1) is 17.9. The van der Waals surface area contributed by atoms with Crippen molar-refractivity contribution in [2.24, 2.45) is 5.92 Å². The Morgan fingerprint density at radius 2 is 2.08 bits per heavy atom. The lowest BCUT2D eigenvalue weighted by molar-refractivity contribution is -0.130. The third kappa shape index (κ3) is 4.00. The smallest absolute Gasteiger partial charge is 0.349 e. The average Bonchev–Trinajstić information content (AvgIpc) is 3.02. The molecule has 4 nitrogen and oxygen atoms in total. The molecule has 1 N–H and O–H groups in total. The maximum Gasteiger partial charge on any atom is 0.349 e. The molecule has 0 aliphatic heterocycles. The number of hydrogen-bond acceptors (Lipinski definition) is 4. The van der Waals surface area contributed by atoms with Gasteiger partial charge in [-0.25, -0.2) is 9.18 Å². The van der Waals surface area contributed by atoms with E-state index in [0.717, 1.165) is 30.6 Å². The summed E-state index contributed by atoms with van der Waals surface area (Å²) in [5.41, 5.74) is 0. The lowest BCUT2D eigenvalue weighted by Crippen LogP contribution is -2.45. The van der Waals surface area contributed by atoms with Crippen LogP contribution in [0.3, 0.4) is 0 Å². The van der Waals surface area contributed by atoms with Crippen molar-refractivity contribution in [2.45, 2.75) is 51.7 Å². The second-order valence-corrected chi connectivity index (χ2v) is 7.77. The topological polar surface area (TPSA) is 55.4 Å². The van der Waals surface area contributed by atoms with Gasteiger partial charge in [-0.3, -0.25) is 4.79 Å². The Labute approximate surface area is 150 Å². The highest BCUT2D eigenvalue weighted by Gasteiger charge is 2.27. The molecule has 1 amide bonds. The molecule has 0 bridgehead atoms. The average molecular weight is 363 g/mol. The van der Waals surface area contributed by atoms with Crippen LogP contribution in [0.2, 0.25) is 0 Å². The molecular weight excluding hydrogens is 341 g/mol. The fourth-order valence-electron chi connectivity index (χ4n) is 3.23. The summed E-state index contributed by atoms with van der Waals surface area (Å²) in [6.07, 6.45) is 3.49. The third-order valence-corrected chi connectivity index (χ3v) is 5.88. The van der Waals surface area contributed by atoms with E-state index in [2.05, 4.69) is 12.2 Å². The first-order valence-corrected chi connectivity index (χ1v) is 9.47. The number of rotatable bonds is 4. The van der Waals surface area contributed by atoms with Crippen LogP contribution in [0.4, 0.5) is 4.39 Å². The highest BCUT2D eigenvalue weighted by Crippen LogP contribution is 2.28. The van der Waals surface area contributed by atoms with E-state index in [4.69, 9.17) is 4.74 Å². The Kier molecular flexibility index (Phi) is 5.37. The largest absolute Gasteiger partial charge is 0.448 e. The maximum absolute atomic E-state index is 13.7. The second kappa shape index (κ2) is 7.52. The zero-order chi connectivity index (χ0) is 18.0. The summed E-state index contributed by atoms with van der Waals surface area (Å²) in [7, 11) is 0. The number of nitrogens with one attached hydrogen (secondary N) is 1. The Morgan fingerprint density at radius 3 is 2.80 bits per heavy atom. The Hall–Kier alpha value is -1.95. The normalized spacial score (nSPS) is 21.7. The van der Waals surface area contributed by atoms with Crippen molar-refractivity contribution in [1.29, 1.82) is 0 Å². The molecule has 0 unspecified atom stereocenters. The van der Waals surface area contributed by atoms with E-state index in [-0.39, 0.29) is 17.8 Å². The lowest BCUT2D eigenvalue weighted by Gasteiger charge is -2.30. The number of halogens is 1. The van der Waals surface area contributed by atoms with E-state index in [0.29, 0.717) is 20.9 Å². The van der Waals surface area contributed by atoms with Crippen molar-refractivity contribution < 1.29 is 18.7 Å². The van der Waals surface area contributed by atoms with Gasteiger partial charge in [-0.05, 0) is 43.9 Å². The highest BCUT2D eigenvalue weighted by molar-refractivity contribution is 7.20. The molecule has 1 saturated carbocycles. The van der Waals surface area contributed by atoms with Crippen LogP contribution in [0, 0.1) is 11.7 Å². The number of amides is 1. The number of esters is 1. The Bertz CT molecular complexity index is 788. The van der Waals surface area contributed by atoms with Crippen LogP contribution in [0.15, 0.2) is 24.3 Å². The molecule has 1 aliphatic carbocycles. The molecule has 1 aromatic carbocycles. The van der Waals surface area contributed by atoms with Crippen molar-refractivity contribution in [3.63, 3.8) is 0 Å². The number of benzene rings is 1. The van der Waals surface area contributed by atoms with Crippen molar-refractivity contribution in [2.75, 3.05) is 0 Å². The van der Waals surface area contributed by atoms with Gasteiger partial charge in [-0.2, -0.15) is 0 Å². The van der Waals surface area contributed by atoms with Crippen LogP contribution in [-0.2, 0) is 9.53 Å². The van der Waals surface area contributed by atoms with Gasteiger partial charge in [0, 0.05) is 16.1 Å². The van der Waals surface area contributed by atoms with E-state index in [1.807, 2.05) is 0 Å². The SMILES string of the molecule is C[C@@H](OC(=O)c1cc2c(F)cccc2s1)C(=O)N[C@@H]1CCCC[C@@H]1C. The summed E-state index contributed by atoms with van der Waals surface area (Å²) in [6, 6.07) is 6.32. The number of thiophene rings is 1. The fourth-order valence-corrected chi connectivity index (χ4v) is 4.19. The molecule has 3 rings (SSSR count). The maximum atomic E-state index is 13.7. The predicted octanol–water partition coefficient (Wildman–Crippen LogP) is 4.28. The molecule has 0 radical (unpaired) electrons. The van der Waals surface area contributed by atoms with Crippen LogP contribution >= 0.6 is 11.3 Å². The zero-order valence-electron chi connectivity index (χ0n) is 14.4. The second-order valence-electron chi connectivity index (χ2n) is 6.69. The van der Waals surface area contributed by atoms with Gasteiger partial charge in [-0.1, -0.05) is 25.8 Å². The van der Waals surface area contributed by atoms with Crippen molar-refractivity contribution in [1.82, 2.24) is 5.32 Å². The molecule has 25 heavy (non-hydrogen) atoms. The molecule has 2 aromatic rings. The number of fused-ring (bicyclic) bond motifs is 1. The lowest BCUT2D eigenvalue weighted by atomic mass is 9.86. The molecular formula is C19H22FNO3S. The van der Waals surface area contributed by atoms with Gasteiger partial charge >= 0.3 is 5.97 Å². The Morgan fingerprint density at radius 1 is 1.32 bits per heavy atom. The molecule has 0 saturated heterocycles. The predicted molar refractivity (Wildman–Crippen MR) is 96.2 cm³/mol. The number of carbonyl (C=O) groups excluding carboxylic acids is 2. The first-order valence-electron chi connectivity index (χ1n) is 8.65. The van der Waals surface area contributed by atoms with Gasteiger partial charge < -0.3 is 10.1 Å². The van der Waals surface area contributed by atoms with E-state index in [1.54, 1.807) is 19.1 Å². The summed E-state index contributed by atoms with van der Waals surface area (Å²) < 4.78 is 19.7. The standard InChI is InChI=1S/C19H22FNO3S/c1-11-6-3-4-8-15(11)21-18(22)12(2)24-19(23)17-10-13-14(20)7-5-9-16(13)25-17/h5,7,9-12,15H,3-4,6,8H2,1-2H3,(H,21,22)/t11-,12+,15+/m0/s1. The van der Waals surface area contributed by atoms with Crippen molar-refractivity contribution >= 4 is 33.3 Å². The molecule has 0 spiro atoms. The molecule has 1 aromatic heterocycles. The summed E-state index contributed by atoms with van der Waals surface area (Å²) in [6.45, 7) is 3.70. The first-order chi connectivity index (χ1) is 12.0. The van der Waals surface area contributed by atoms with Crippen LogP contribution in [0.25, 0.3) is 10.1 Å². The van der Waals surface area contributed by atoms with Crippen molar-refractivity contribution in [3.8, 4) is 0 Å². The summed E-state index contributed by atoms with van der Waals surface area (Å²) in [4.78, 5) is 24.9. The zero-order valence-corrected chi connectivity index (χ0v) is 15.2. The Balaban J connectivity index is 1.62. The van der Waals surface area contributed by atoms with Gasteiger partial charge in [0.2, 0.25) is 0 Å². The van der Waals surface area contributed by atoms with Gasteiger partial charge in [0.1, 0.15) is 10.7 Å². The van der Waals surface area contributed by atoms with Crippen molar-refractivity contribution in [3.05, 3.63) is 35.0 Å². The van der Waals surface area contributed by atoms with Gasteiger partial charge in [0.25, 0.3) is 5.91 Å². The molecule has 134 valence electrons. The van der Waals surface area contributed by atoms with E-state index in [9.17, 15) is 14.0 Å². The third-order valence-electron chi connectivity index (χ3n) is 4.80. The molecule has 1 heterocycles. The summed E-state index contributed by atoms with van der Waals surface area (Å²) in [5.74, 6) is -0.810.